The summed E-state index contributed by atoms with van der Waals surface area (Å²) in [4.78, 5) is 14.2. The normalized spacial score (nSPS) is 24.9. The molecule has 0 radical (unpaired) electrons. The largest absolute Gasteiger partial charge is 0.391 e. The van der Waals surface area contributed by atoms with Gasteiger partial charge in [0, 0.05) is 37.1 Å². The maximum absolute atomic E-state index is 13.0. The van der Waals surface area contributed by atoms with Gasteiger partial charge in [-0.3, -0.25) is 4.79 Å². The van der Waals surface area contributed by atoms with Crippen molar-refractivity contribution in [1.82, 2.24) is 9.21 Å². The quantitative estimate of drug-likeness (QED) is 0.725. The zero-order valence-electron chi connectivity index (χ0n) is 15.2. The van der Waals surface area contributed by atoms with Crippen LogP contribution in [0.1, 0.15) is 25.7 Å². The van der Waals surface area contributed by atoms with Gasteiger partial charge in [0.2, 0.25) is 15.9 Å². The average molecular weight is 439 g/mol. The van der Waals surface area contributed by atoms with Gasteiger partial charge in [0.25, 0.3) is 0 Å². The first-order chi connectivity index (χ1) is 13.1. The Labute approximate surface area is 167 Å². The van der Waals surface area contributed by atoms with E-state index in [0.717, 1.165) is 0 Å². The molecule has 156 valence electrons. The first-order valence-electron chi connectivity index (χ1n) is 9.20. The molecule has 28 heavy (non-hydrogen) atoms. The third kappa shape index (κ3) is 4.63. The Hall–Kier alpha value is -1.32. The van der Waals surface area contributed by atoms with E-state index in [0.29, 0.717) is 17.9 Å². The van der Waals surface area contributed by atoms with E-state index in [1.807, 2.05) is 0 Å². The van der Waals surface area contributed by atoms with Crippen LogP contribution in [0, 0.1) is 11.8 Å². The molecular weight excluding hydrogens is 417 g/mol. The van der Waals surface area contributed by atoms with Crippen LogP contribution in [-0.4, -0.2) is 55.9 Å². The lowest BCUT2D eigenvalue weighted by molar-refractivity contribution is -0.187. The molecule has 0 spiro atoms. The Kier molecular flexibility index (Phi) is 6.26. The number of hydrogen-bond donors (Lipinski definition) is 0. The van der Waals surface area contributed by atoms with E-state index >= 15 is 0 Å². The van der Waals surface area contributed by atoms with Crippen molar-refractivity contribution < 1.29 is 26.4 Å². The number of carbonyl (C=O) groups excluding carboxylic acids is 1. The van der Waals surface area contributed by atoms with Crippen molar-refractivity contribution in [3.63, 3.8) is 0 Å². The Balaban J connectivity index is 1.61. The topological polar surface area (TPSA) is 57.7 Å². The number of carbonyl (C=O) groups is 1. The number of halogens is 4. The van der Waals surface area contributed by atoms with Gasteiger partial charge in [0.15, 0.2) is 0 Å². The van der Waals surface area contributed by atoms with E-state index in [1.165, 1.54) is 21.3 Å². The summed E-state index contributed by atoms with van der Waals surface area (Å²) in [5.74, 6) is -2.37. The minimum atomic E-state index is -4.28. The number of alkyl halides is 3. The van der Waals surface area contributed by atoms with E-state index in [-0.39, 0.29) is 49.8 Å². The molecule has 0 unspecified atom stereocenters. The van der Waals surface area contributed by atoms with Crippen molar-refractivity contribution in [2.45, 2.75) is 36.8 Å². The molecule has 1 amide bonds. The van der Waals surface area contributed by atoms with Crippen molar-refractivity contribution in [3.05, 3.63) is 29.3 Å². The van der Waals surface area contributed by atoms with Gasteiger partial charge in [-0.1, -0.05) is 24.1 Å². The first-order valence-corrected chi connectivity index (χ1v) is 11.0. The SMILES string of the molecule is O=C([C@H]1CCC[C@H](C(F)(F)F)C1)N1CCN(S(=O)(=O)c2cccc(Cl)c2)CC1. The summed E-state index contributed by atoms with van der Waals surface area (Å²) in [6.45, 7) is 0.559. The van der Waals surface area contributed by atoms with Gasteiger partial charge in [0.1, 0.15) is 0 Å². The van der Waals surface area contributed by atoms with E-state index in [9.17, 15) is 26.4 Å². The molecule has 0 bridgehead atoms. The zero-order chi connectivity index (χ0) is 20.5. The van der Waals surface area contributed by atoms with Crippen molar-refractivity contribution >= 4 is 27.5 Å². The van der Waals surface area contributed by atoms with Crippen molar-refractivity contribution in [1.29, 1.82) is 0 Å². The van der Waals surface area contributed by atoms with Gasteiger partial charge in [-0.2, -0.15) is 17.5 Å². The molecule has 1 aromatic carbocycles. The summed E-state index contributed by atoms with van der Waals surface area (Å²) in [5, 5.41) is 0.311. The number of piperazine rings is 1. The molecule has 5 nitrogen and oxygen atoms in total. The Morgan fingerprint density at radius 3 is 2.39 bits per heavy atom. The van der Waals surface area contributed by atoms with Crippen LogP contribution in [0.25, 0.3) is 0 Å². The summed E-state index contributed by atoms with van der Waals surface area (Å²) in [5.41, 5.74) is 0. The average Bonchev–Trinajstić information content (AvgIpc) is 2.67. The second-order valence-electron chi connectivity index (χ2n) is 7.29. The van der Waals surface area contributed by atoms with E-state index < -0.39 is 28.0 Å². The lowest BCUT2D eigenvalue weighted by Crippen LogP contribution is -2.52. The maximum atomic E-state index is 13.0. The summed E-state index contributed by atoms with van der Waals surface area (Å²) in [6, 6.07) is 5.95. The molecule has 0 N–H and O–H groups in total. The fourth-order valence-corrected chi connectivity index (χ4v) is 5.62. The lowest BCUT2D eigenvalue weighted by atomic mass is 9.80. The smallest absolute Gasteiger partial charge is 0.340 e. The highest BCUT2D eigenvalue weighted by atomic mass is 35.5. The predicted octanol–water partition coefficient (Wildman–Crippen LogP) is 3.54. The molecule has 1 aromatic rings. The molecule has 1 aliphatic heterocycles. The molecule has 2 aliphatic rings. The van der Waals surface area contributed by atoms with Crippen LogP contribution in [0.3, 0.4) is 0 Å². The van der Waals surface area contributed by atoms with Crippen molar-refractivity contribution in [2.24, 2.45) is 11.8 Å². The van der Waals surface area contributed by atoms with Gasteiger partial charge < -0.3 is 4.90 Å². The fourth-order valence-electron chi connectivity index (χ4n) is 3.89. The van der Waals surface area contributed by atoms with Gasteiger partial charge in [-0.05, 0) is 37.5 Å². The number of sulfonamides is 1. The van der Waals surface area contributed by atoms with Crippen LogP contribution in [0.4, 0.5) is 13.2 Å². The van der Waals surface area contributed by atoms with Crippen LogP contribution in [-0.2, 0) is 14.8 Å². The van der Waals surface area contributed by atoms with Crippen LogP contribution in [0.5, 0.6) is 0 Å². The summed E-state index contributed by atoms with van der Waals surface area (Å²) in [6.07, 6.45) is -3.55. The summed E-state index contributed by atoms with van der Waals surface area (Å²) in [7, 11) is -3.72. The molecule has 1 aliphatic carbocycles. The second kappa shape index (κ2) is 8.20. The highest BCUT2D eigenvalue weighted by Gasteiger charge is 2.44. The van der Waals surface area contributed by atoms with Gasteiger partial charge in [-0.25, -0.2) is 8.42 Å². The molecule has 10 heteroatoms. The highest BCUT2D eigenvalue weighted by molar-refractivity contribution is 7.89. The van der Waals surface area contributed by atoms with Crippen LogP contribution in [0.2, 0.25) is 5.02 Å². The summed E-state index contributed by atoms with van der Waals surface area (Å²) < 4.78 is 65.7. The first kappa shape index (κ1) is 21.4. The predicted molar refractivity (Wildman–Crippen MR) is 98.3 cm³/mol. The van der Waals surface area contributed by atoms with Gasteiger partial charge in [0.05, 0.1) is 10.8 Å². The Morgan fingerprint density at radius 1 is 1.11 bits per heavy atom. The second-order valence-corrected chi connectivity index (χ2v) is 9.66. The Bertz CT molecular complexity index is 824. The number of benzene rings is 1. The molecule has 3 rings (SSSR count). The standard InChI is InChI=1S/C18H22ClF3N2O3S/c19-15-5-2-6-16(12-15)28(26,27)24-9-7-23(8-10-24)17(25)13-3-1-4-14(11-13)18(20,21)22/h2,5-6,12-14H,1,3-4,7-11H2/t13-,14-/m0/s1. The zero-order valence-corrected chi connectivity index (χ0v) is 16.7. The van der Waals surface area contributed by atoms with Crippen LogP contribution in [0.15, 0.2) is 29.2 Å². The Morgan fingerprint density at radius 2 is 1.79 bits per heavy atom. The maximum Gasteiger partial charge on any atom is 0.391 e. The minimum Gasteiger partial charge on any atom is -0.340 e. The third-order valence-electron chi connectivity index (χ3n) is 5.47. The highest BCUT2D eigenvalue weighted by Crippen LogP contribution is 2.40. The molecule has 2 atom stereocenters. The van der Waals surface area contributed by atoms with Crippen LogP contribution < -0.4 is 0 Å². The number of amides is 1. The summed E-state index contributed by atoms with van der Waals surface area (Å²) >= 11 is 5.87. The van der Waals surface area contributed by atoms with Gasteiger partial charge in [-0.15, -0.1) is 0 Å². The molecule has 1 heterocycles. The lowest BCUT2D eigenvalue weighted by Gasteiger charge is -2.38. The molecular formula is C18H22ClF3N2O3S. The number of rotatable bonds is 3. The number of nitrogens with zero attached hydrogens (tertiary/aromatic N) is 2. The third-order valence-corrected chi connectivity index (χ3v) is 7.60. The molecule has 1 saturated carbocycles. The molecule has 0 aromatic heterocycles. The molecule has 2 fully saturated rings. The van der Waals surface area contributed by atoms with E-state index in [4.69, 9.17) is 11.6 Å². The monoisotopic (exact) mass is 438 g/mol. The fraction of sp³-hybridized carbons (Fsp3) is 0.611. The van der Waals surface area contributed by atoms with Gasteiger partial charge >= 0.3 is 6.18 Å². The van der Waals surface area contributed by atoms with Crippen LogP contribution >= 0.6 is 11.6 Å². The minimum absolute atomic E-state index is 0.0684. The van der Waals surface area contributed by atoms with Crippen molar-refractivity contribution in [3.8, 4) is 0 Å². The molecule has 1 saturated heterocycles. The van der Waals surface area contributed by atoms with Crippen molar-refractivity contribution in [2.75, 3.05) is 26.2 Å². The number of hydrogen-bond acceptors (Lipinski definition) is 3. The van der Waals surface area contributed by atoms with E-state index in [1.54, 1.807) is 12.1 Å². The van der Waals surface area contributed by atoms with E-state index in [2.05, 4.69) is 0 Å².